The Labute approximate surface area is 117 Å². The molecule has 1 atom stereocenters. The molecular formula is C14H19BrClN. The Morgan fingerprint density at radius 2 is 1.94 bits per heavy atom. The molecule has 1 nitrogen and oxygen atoms in total. The highest BCUT2D eigenvalue weighted by atomic mass is 79.9. The first-order valence-corrected chi connectivity index (χ1v) is 7.30. The van der Waals surface area contributed by atoms with Crippen molar-refractivity contribution >= 4 is 27.5 Å². The highest BCUT2D eigenvalue weighted by Crippen LogP contribution is 2.71. The minimum atomic E-state index is 0.403. The summed E-state index contributed by atoms with van der Waals surface area (Å²) in [6, 6.07) is 2.01. The SMILES string of the molecule is CC1(C)C(C(Br)Cc2ccncc2Cl)C1(C)C. The average Bonchev–Trinajstić information content (AvgIpc) is 2.61. The van der Waals surface area contributed by atoms with E-state index in [4.69, 9.17) is 11.6 Å². The van der Waals surface area contributed by atoms with Crippen LogP contribution in [-0.4, -0.2) is 9.81 Å². The summed E-state index contributed by atoms with van der Waals surface area (Å²) in [6.07, 6.45) is 4.50. The molecule has 0 radical (unpaired) electrons. The van der Waals surface area contributed by atoms with Crippen LogP contribution in [0.2, 0.25) is 5.02 Å². The molecule has 94 valence electrons. The lowest BCUT2D eigenvalue weighted by atomic mass is 10.0. The van der Waals surface area contributed by atoms with Crippen LogP contribution in [0.25, 0.3) is 0 Å². The summed E-state index contributed by atoms with van der Waals surface area (Å²) in [5.41, 5.74) is 1.99. The number of halogens is 2. The molecule has 1 aromatic heterocycles. The van der Waals surface area contributed by atoms with Gasteiger partial charge in [0.1, 0.15) is 0 Å². The number of hydrogen-bond acceptors (Lipinski definition) is 1. The van der Waals surface area contributed by atoms with Crippen LogP contribution >= 0.6 is 27.5 Å². The van der Waals surface area contributed by atoms with Crippen molar-refractivity contribution in [3.8, 4) is 0 Å². The highest BCUT2D eigenvalue weighted by molar-refractivity contribution is 9.09. The standard InChI is InChI=1S/C14H19BrClN/c1-13(2)12(14(13,3)4)10(15)7-9-5-6-17-8-11(9)16/h5-6,8,10,12H,7H2,1-4H3. The van der Waals surface area contributed by atoms with Crippen molar-refractivity contribution in [3.63, 3.8) is 0 Å². The fraction of sp³-hybridized carbons (Fsp3) is 0.643. The van der Waals surface area contributed by atoms with E-state index in [1.54, 1.807) is 6.20 Å². The Bertz CT molecular complexity index is 414. The maximum Gasteiger partial charge on any atom is 0.0621 e. The van der Waals surface area contributed by atoms with E-state index >= 15 is 0 Å². The predicted octanol–water partition coefficient (Wildman–Crippen LogP) is 4.72. The fourth-order valence-corrected chi connectivity index (χ4v) is 4.92. The molecule has 1 fully saturated rings. The summed E-state index contributed by atoms with van der Waals surface area (Å²) in [5.74, 6) is 0.694. The molecule has 0 aromatic carbocycles. The van der Waals surface area contributed by atoms with Gasteiger partial charge >= 0.3 is 0 Å². The predicted molar refractivity (Wildman–Crippen MR) is 76.7 cm³/mol. The number of nitrogens with zero attached hydrogens (tertiary/aromatic N) is 1. The van der Waals surface area contributed by atoms with Gasteiger partial charge in [-0.05, 0) is 34.8 Å². The van der Waals surface area contributed by atoms with Crippen LogP contribution in [0.15, 0.2) is 18.5 Å². The van der Waals surface area contributed by atoms with E-state index in [1.807, 2.05) is 12.3 Å². The smallest absolute Gasteiger partial charge is 0.0621 e. The Kier molecular flexibility index (Phi) is 3.33. The van der Waals surface area contributed by atoms with Gasteiger partial charge in [-0.1, -0.05) is 55.2 Å². The lowest BCUT2D eigenvalue weighted by Crippen LogP contribution is -2.11. The second-order valence-corrected chi connectivity index (χ2v) is 7.69. The van der Waals surface area contributed by atoms with Gasteiger partial charge in [-0.25, -0.2) is 0 Å². The van der Waals surface area contributed by atoms with Crippen molar-refractivity contribution in [2.75, 3.05) is 0 Å². The van der Waals surface area contributed by atoms with E-state index in [0.717, 1.165) is 11.4 Å². The van der Waals surface area contributed by atoms with E-state index in [1.165, 1.54) is 5.56 Å². The molecule has 1 heterocycles. The van der Waals surface area contributed by atoms with Gasteiger partial charge in [-0.3, -0.25) is 4.98 Å². The van der Waals surface area contributed by atoms with Crippen molar-refractivity contribution in [1.82, 2.24) is 4.98 Å². The van der Waals surface area contributed by atoms with Crippen molar-refractivity contribution in [1.29, 1.82) is 0 Å². The summed E-state index contributed by atoms with van der Waals surface area (Å²) in [5, 5.41) is 0.771. The zero-order chi connectivity index (χ0) is 12.8. The number of rotatable bonds is 3. The van der Waals surface area contributed by atoms with Gasteiger partial charge in [0, 0.05) is 17.2 Å². The summed E-state index contributed by atoms with van der Waals surface area (Å²) >= 11 is 10.00. The minimum absolute atomic E-state index is 0.403. The molecule has 0 bridgehead atoms. The van der Waals surface area contributed by atoms with Crippen LogP contribution in [0.1, 0.15) is 33.3 Å². The molecule has 1 saturated carbocycles. The number of pyridine rings is 1. The van der Waals surface area contributed by atoms with Crippen molar-refractivity contribution < 1.29 is 0 Å². The van der Waals surface area contributed by atoms with E-state index < -0.39 is 0 Å². The monoisotopic (exact) mass is 315 g/mol. The molecule has 1 aromatic rings. The van der Waals surface area contributed by atoms with Crippen LogP contribution in [0.3, 0.4) is 0 Å². The zero-order valence-corrected chi connectivity index (χ0v) is 13.1. The lowest BCUT2D eigenvalue weighted by molar-refractivity contribution is 0.457. The van der Waals surface area contributed by atoms with Crippen molar-refractivity contribution in [2.24, 2.45) is 16.7 Å². The molecular weight excluding hydrogens is 298 g/mol. The summed E-state index contributed by atoms with van der Waals surface area (Å²) in [4.78, 5) is 4.50. The third-order valence-electron chi connectivity index (χ3n) is 4.77. The van der Waals surface area contributed by atoms with E-state index in [2.05, 4.69) is 48.6 Å². The van der Waals surface area contributed by atoms with Gasteiger partial charge in [0.05, 0.1) is 5.02 Å². The number of hydrogen-bond donors (Lipinski definition) is 0. The summed E-state index contributed by atoms with van der Waals surface area (Å²) in [7, 11) is 0. The Hall–Kier alpha value is -0.0800. The van der Waals surface area contributed by atoms with Gasteiger partial charge in [0.15, 0.2) is 0 Å². The third-order valence-corrected chi connectivity index (χ3v) is 5.96. The molecule has 0 saturated heterocycles. The third kappa shape index (κ3) is 2.15. The van der Waals surface area contributed by atoms with Gasteiger partial charge in [-0.2, -0.15) is 0 Å². The maximum absolute atomic E-state index is 6.15. The van der Waals surface area contributed by atoms with E-state index in [0.29, 0.717) is 21.6 Å². The number of alkyl halides is 1. The molecule has 1 aliphatic carbocycles. The van der Waals surface area contributed by atoms with Crippen LogP contribution in [0.4, 0.5) is 0 Å². The maximum atomic E-state index is 6.15. The zero-order valence-electron chi connectivity index (χ0n) is 10.8. The molecule has 1 aliphatic rings. The first-order valence-electron chi connectivity index (χ1n) is 6.01. The van der Waals surface area contributed by atoms with Crippen molar-refractivity contribution in [2.45, 2.75) is 38.9 Å². The van der Waals surface area contributed by atoms with Crippen LogP contribution < -0.4 is 0 Å². The first kappa shape index (κ1) is 13.4. The lowest BCUT2D eigenvalue weighted by Gasteiger charge is -2.12. The molecule has 2 rings (SSSR count). The molecule has 0 amide bonds. The largest absolute Gasteiger partial charge is 0.263 e. The quantitative estimate of drug-likeness (QED) is 0.735. The van der Waals surface area contributed by atoms with Gasteiger partial charge in [-0.15, -0.1) is 0 Å². The molecule has 0 aliphatic heterocycles. The molecule has 0 N–H and O–H groups in total. The van der Waals surface area contributed by atoms with Crippen molar-refractivity contribution in [3.05, 3.63) is 29.0 Å². The summed E-state index contributed by atoms with van der Waals surface area (Å²) < 4.78 is 0. The topological polar surface area (TPSA) is 12.9 Å². The van der Waals surface area contributed by atoms with Crippen LogP contribution in [0, 0.1) is 16.7 Å². The Morgan fingerprint density at radius 3 is 2.41 bits per heavy atom. The molecule has 1 unspecified atom stereocenters. The molecule has 17 heavy (non-hydrogen) atoms. The molecule has 0 spiro atoms. The van der Waals surface area contributed by atoms with Gasteiger partial charge < -0.3 is 0 Å². The van der Waals surface area contributed by atoms with Gasteiger partial charge in [0.2, 0.25) is 0 Å². The molecule has 3 heteroatoms. The second-order valence-electron chi connectivity index (χ2n) is 6.11. The second kappa shape index (κ2) is 4.24. The fourth-order valence-electron chi connectivity index (χ4n) is 3.05. The minimum Gasteiger partial charge on any atom is -0.263 e. The van der Waals surface area contributed by atoms with E-state index in [-0.39, 0.29) is 0 Å². The summed E-state index contributed by atoms with van der Waals surface area (Å²) in [6.45, 7) is 9.39. The van der Waals surface area contributed by atoms with E-state index in [9.17, 15) is 0 Å². The van der Waals surface area contributed by atoms with Crippen LogP contribution in [-0.2, 0) is 6.42 Å². The normalized spacial score (nSPS) is 23.4. The van der Waals surface area contributed by atoms with Crippen LogP contribution in [0.5, 0.6) is 0 Å². The number of aromatic nitrogens is 1. The Balaban J connectivity index is 2.10. The highest BCUT2D eigenvalue weighted by Gasteiger charge is 2.66. The van der Waals surface area contributed by atoms with Gasteiger partial charge in [0.25, 0.3) is 0 Å². The Morgan fingerprint density at radius 1 is 1.35 bits per heavy atom. The average molecular weight is 317 g/mol. The first-order chi connectivity index (χ1) is 7.78.